The van der Waals surface area contributed by atoms with Gasteiger partial charge in [-0.2, -0.15) is 0 Å². The first-order valence-corrected chi connectivity index (χ1v) is 9.35. The highest BCUT2D eigenvalue weighted by Gasteiger charge is 2.17. The molecule has 0 amide bonds. The first-order chi connectivity index (χ1) is 12.7. The molecule has 2 heterocycles. The van der Waals surface area contributed by atoms with Crippen LogP contribution in [0.1, 0.15) is 29.8 Å². The van der Waals surface area contributed by atoms with Crippen LogP contribution in [0.25, 0.3) is 10.9 Å². The number of anilines is 1. The van der Waals surface area contributed by atoms with Gasteiger partial charge in [0.05, 0.1) is 31.0 Å². The lowest BCUT2D eigenvalue weighted by Gasteiger charge is -2.27. The maximum Gasteiger partial charge on any atom is 0.341 e. The number of rotatable bonds is 7. The van der Waals surface area contributed by atoms with E-state index in [2.05, 4.69) is 34.3 Å². The summed E-state index contributed by atoms with van der Waals surface area (Å²) in [5.74, 6) is -0.335. The van der Waals surface area contributed by atoms with E-state index in [1.807, 2.05) is 13.0 Å². The van der Waals surface area contributed by atoms with Crippen LogP contribution in [0.3, 0.4) is 0 Å². The van der Waals surface area contributed by atoms with Crippen molar-refractivity contribution in [1.82, 2.24) is 9.88 Å². The van der Waals surface area contributed by atoms with E-state index in [9.17, 15) is 4.79 Å². The highest BCUT2D eigenvalue weighted by molar-refractivity contribution is 6.05. The third-order valence-corrected chi connectivity index (χ3v) is 4.67. The number of carbonyl (C=O) groups excluding carboxylic acids is 1. The Balaban J connectivity index is 1.87. The molecule has 0 aliphatic carbocycles. The van der Waals surface area contributed by atoms with Crippen molar-refractivity contribution in [3.8, 4) is 0 Å². The van der Waals surface area contributed by atoms with Gasteiger partial charge < -0.3 is 14.8 Å². The Labute approximate surface area is 154 Å². The van der Waals surface area contributed by atoms with Crippen molar-refractivity contribution in [3.05, 3.63) is 35.5 Å². The highest BCUT2D eigenvalue weighted by Crippen LogP contribution is 2.28. The third kappa shape index (κ3) is 4.31. The second kappa shape index (κ2) is 8.96. The molecule has 0 radical (unpaired) electrons. The molecule has 6 heteroatoms. The molecular weight excluding hydrogens is 330 g/mol. The number of benzene rings is 1. The average molecular weight is 357 g/mol. The van der Waals surface area contributed by atoms with Gasteiger partial charge in [0.25, 0.3) is 0 Å². The molecule has 6 nitrogen and oxygen atoms in total. The number of pyridine rings is 1. The number of hydrogen-bond donors (Lipinski definition) is 1. The van der Waals surface area contributed by atoms with Crippen molar-refractivity contribution in [2.75, 3.05) is 51.3 Å². The molecule has 0 unspecified atom stereocenters. The van der Waals surface area contributed by atoms with Gasteiger partial charge in [0.1, 0.15) is 5.56 Å². The van der Waals surface area contributed by atoms with Gasteiger partial charge in [-0.05, 0) is 31.0 Å². The number of carbonyl (C=O) groups is 1. The topological polar surface area (TPSA) is 63.7 Å². The fourth-order valence-electron chi connectivity index (χ4n) is 3.18. The van der Waals surface area contributed by atoms with Gasteiger partial charge in [0, 0.05) is 37.8 Å². The number of nitrogens with one attached hydrogen (secondary N) is 1. The maximum absolute atomic E-state index is 12.4. The lowest BCUT2D eigenvalue weighted by atomic mass is 10.0. The van der Waals surface area contributed by atoms with E-state index in [0.29, 0.717) is 12.2 Å². The number of aryl methyl sites for hydroxylation is 1. The molecule has 3 rings (SSSR count). The quantitative estimate of drug-likeness (QED) is 0.769. The number of hydrogen-bond acceptors (Lipinski definition) is 6. The second-order valence-electron chi connectivity index (χ2n) is 6.35. The Morgan fingerprint density at radius 2 is 2.12 bits per heavy atom. The first-order valence-electron chi connectivity index (χ1n) is 9.35. The standard InChI is InChI=1S/C20H27N3O3/c1-3-15-5-6-18-16(13-15)19(17(14-22-18)20(24)26-4-2)21-7-8-23-9-11-25-12-10-23/h5-6,13-14H,3-4,7-12H2,1-2H3,(H,21,22). The van der Waals surface area contributed by atoms with Gasteiger partial charge in [0.15, 0.2) is 0 Å². The fraction of sp³-hybridized carbons (Fsp3) is 0.500. The zero-order chi connectivity index (χ0) is 18.4. The van der Waals surface area contributed by atoms with Crippen molar-refractivity contribution in [3.63, 3.8) is 0 Å². The molecule has 1 saturated heterocycles. The monoisotopic (exact) mass is 357 g/mol. The molecule has 2 aromatic rings. The number of morpholine rings is 1. The van der Waals surface area contributed by atoms with Crippen molar-refractivity contribution in [2.24, 2.45) is 0 Å². The fourth-order valence-corrected chi connectivity index (χ4v) is 3.18. The normalized spacial score (nSPS) is 15.2. The average Bonchev–Trinajstić information content (AvgIpc) is 2.68. The highest BCUT2D eigenvalue weighted by atomic mass is 16.5. The van der Waals surface area contributed by atoms with E-state index in [1.54, 1.807) is 6.20 Å². The largest absolute Gasteiger partial charge is 0.462 e. The molecule has 1 fully saturated rings. The van der Waals surface area contributed by atoms with Crippen LogP contribution in [0, 0.1) is 0 Å². The summed E-state index contributed by atoms with van der Waals surface area (Å²) in [7, 11) is 0. The predicted octanol–water partition coefficient (Wildman–Crippen LogP) is 2.72. The number of nitrogens with zero attached hydrogens (tertiary/aromatic N) is 2. The molecule has 1 N–H and O–H groups in total. The smallest absolute Gasteiger partial charge is 0.341 e. The maximum atomic E-state index is 12.4. The zero-order valence-electron chi connectivity index (χ0n) is 15.6. The Morgan fingerprint density at radius 1 is 1.31 bits per heavy atom. The SMILES string of the molecule is CCOC(=O)c1cnc2ccc(CC)cc2c1NCCN1CCOCC1. The second-order valence-corrected chi connectivity index (χ2v) is 6.35. The molecule has 140 valence electrons. The van der Waals surface area contributed by atoms with E-state index in [1.165, 1.54) is 5.56 Å². The summed E-state index contributed by atoms with van der Waals surface area (Å²) >= 11 is 0. The van der Waals surface area contributed by atoms with Crippen molar-refractivity contribution >= 4 is 22.6 Å². The van der Waals surface area contributed by atoms with Gasteiger partial charge in [-0.25, -0.2) is 4.79 Å². The van der Waals surface area contributed by atoms with Crippen LogP contribution in [-0.4, -0.2) is 61.9 Å². The minimum absolute atomic E-state index is 0.335. The molecular formula is C20H27N3O3. The third-order valence-electron chi connectivity index (χ3n) is 4.67. The van der Waals surface area contributed by atoms with Gasteiger partial charge in [0.2, 0.25) is 0 Å². The predicted molar refractivity (Wildman–Crippen MR) is 103 cm³/mol. The lowest BCUT2D eigenvalue weighted by Crippen LogP contribution is -2.39. The van der Waals surface area contributed by atoms with Crippen molar-refractivity contribution < 1.29 is 14.3 Å². The molecule has 0 atom stereocenters. The number of fused-ring (bicyclic) bond motifs is 1. The Bertz CT molecular complexity index is 757. The van der Waals surface area contributed by atoms with Gasteiger partial charge >= 0.3 is 5.97 Å². The van der Waals surface area contributed by atoms with Crippen LogP contribution >= 0.6 is 0 Å². The van der Waals surface area contributed by atoms with Crippen molar-refractivity contribution in [2.45, 2.75) is 20.3 Å². The summed E-state index contributed by atoms with van der Waals surface area (Å²) in [5.41, 5.74) is 3.41. The summed E-state index contributed by atoms with van der Waals surface area (Å²) < 4.78 is 10.6. The lowest BCUT2D eigenvalue weighted by molar-refractivity contribution is 0.0398. The number of ether oxygens (including phenoxy) is 2. The molecule has 0 saturated carbocycles. The number of esters is 1. The van der Waals surface area contributed by atoms with E-state index < -0.39 is 0 Å². The van der Waals surface area contributed by atoms with Crippen LogP contribution in [-0.2, 0) is 15.9 Å². The summed E-state index contributed by atoms with van der Waals surface area (Å²) in [6, 6.07) is 6.20. The van der Waals surface area contributed by atoms with Gasteiger partial charge in [-0.1, -0.05) is 13.0 Å². The van der Waals surface area contributed by atoms with Crippen LogP contribution in [0.15, 0.2) is 24.4 Å². The van der Waals surface area contributed by atoms with Gasteiger partial charge in [-0.3, -0.25) is 9.88 Å². The van der Waals surface area contributed by atoms with Crippen LogP contribution < -0.4 is 5.32 Å². The minimum Gasteiger partial charge on any atom is -0.462 e. The Hall–Kier alpha value is -2.18. The molecule has 0 spiro atoms. The van der Waals surface area contributed by atoms with E-state index in [0.717, 1.165) is 62.4 Å². The molecule has 1 aromatic heterocycles. The molecule has 1 aliphatic rings. The Morgan fingerprint density at radius 3 is 2.85 bits per heavy atom. The number of aromatic nitrogens is 1. The minimum atomic E-state index is -0.335. The summed E-state index contributed by atoms with van der Waals surface area (Å²) in [6.45, 7) is 9.40. The molecule has 1 aromatic carbocycles. The summed E-state index contributed by atoms with van der Waals surface area (Å²) in [6.07, 6.45) is 2.55. The molecule has 26 heavy (non-hydrogen) atoms. The van der Waals surface area contributed by atoms with E-state index >= 15 is 0 Å². The Kier molecular flexibility index (Phi) is 6.41. The van der Waals surface area contributed by atoms with Gasteiger partial charge in [-0.15, -0.1) is 0 Å². The zero-order valence-corrected chi connectivity index (χ0v) is 15.6. The molecule has 1 aliphatic heterocycles. The van der Waals surface area contributed by atoms with Crippen LogP contribution in [0.5, 0.6) is 0 Å². The summed E-state index contributed by atoms with van der Waals surface area (Å²) in [4.78, 5) is 19.2. The van der Waals surface area contributed by atoms with E-state index in [4.69, 9.17) is 9.47 Å². The van der Waals surface area contributed by atoms with Crippen molar-refractivity contribution in [1.29, 1.82) is 0 Å². The van der Waals surface area contributed by atoms with Crippen LogP contribution in [0.4, 0.5) is 5.69 Å². The molecule has 0 bridgehead atoms. The van der Waals surface area contributed by atoms with E-state index in [-0.39, 0.29) is 5.97 Å². The first kappa shape index (κ1) is 18.6. The van der Waals surface area contributed by atoms with Crippen LogP contribution in [0.2, 0.25) is 0 Å². The summed E-state index contributed by atoms with van der Waals surface area (Å²) in [5, 5.41) is 4.44.